The van der Waals surface area contributed by atoms with Crippen LogP contribution in [0.2, 0.25) is 5.02 Å². The van der Waals surface area contributed by atoms with Crippen molar-refractivity contribution in [1.82, 2.24) is 14.7 Å². The second-order valence-corrected chi connectivity index (χ2v) is 11.0. The smallest absolute Gasteiger partial charge is 0.340 e. The van der Waals surface area contributed by atoms with Crippen LogP contribution in [-0.2, 0) is 17.4 Å². The fraction of sp³-hybridized carbons (Fsp3) is 0.357. The third-order valence-corrected chi connectivity index (χ3v) is 8.43. The van der Waals surface area contributed by atoms with Crippen molar-refractivity contribution < 1.29 is 22.8 Å². The summed E-state index contributed by atoms with van der Waals surface area (Å²) in [4.78, 5) is 33.3. The van der Waals surface area contributed by atoms with E-state index in [2.05, 4.69) is 16.3 Å². The normalized spacial score (nSPS) is 18.7. The van der Waals surface area contributed by atoms with Gasteiger partial charge in [0.15, 0.2) is 0 Å². The van der Waals surface area contributed by atoms with Crippen LogP contribution in [-0.4, -0.2) is 65.8 Å². The van der Waals surface area contributed by atoms with Gasteiger partial charge in [-0.15, -0.1) is 11.3 Å². The van der Waals surface area contributed by atoms with Crippen LogP contribution in [0.3, 0.4) is 0 Å². The van der Waals surface area contributed by atoms with Crippen LogP contribution >= 0.6 is 22.9 Å². The fourth-order valence-corrected chi connectivity index (χ4v) is 6.23. The third kappa shape index (κ3) is 5.75. The van der Waals surface area contributed by atoms with Gasteiger partial charge in [-0.3, -0.25) is 14.5 Å². The molecule has 10 heteroatoms. The van der Waals surface area contributed by atoms with E-state index < -0.39 is 11.7 Å². The van der Waals surface area contributed by atoms with Crippen molar-refractivity contribution in [2.24, 2.45) is 0 Å². The van der Waals surface area contributed by atoms with E-state index in [4.69, 9.17) is 11.6 Å². The first-order valence-electron chi connectivity index (χ1n) is 12.5. The monoisotopic (exact) mass is 561 g/mol. The maximum atomic E-state index is 13.4. The molecule has 1 fully saturated rings. The Morgan fingerprint density at radius 1 is 0.895 bits per heavy atom. The van der Waals surface area contributed by atoms with Gasteiger partial charge in [-0.2, -0.15) is 13.2 Å². The molecule has 0 bridgehead atoms. The van der Waals surface area contributed by atoms with Crippen molar-refractivity contribution in [2.45, 2.75) is 25.1 Å². The lowest BCUT2D eigenvalue weighted by Crippen LogP contribution is -2.45. The van der Waals surface area contributed by atoms with Gasteiger partial charge in [0.1, 0.15) is 0 Å². The molecule has 0 unspecified atom stereocenters. The number of thiophene rings is 1. The van der Waals surface area contributed by atoms with Crippen LogP contribution in [0.25, 0.3) is 0 Å². The van der Waals surface area contributed by atoms with E-state index in [0.29, 0.717) is 37.6 Å². The molecule has 1 atom stereocenters. The molecule has 38 heavy (non-hydrogen) atoms. The number of alkyl halides is 3. The molecule has 0 spiro atoms. The minimum atomic E-state index is -4.45. The van der Waals surface area contributed by atoms with Crippen LogP contribution in [0, 0.1) is 0 Å². The Morgan fingerprint density at radius 2 is 1.58 bits per heavy atom. The molecule has 0 N–H and O–H groups in total. The minimum Gasteiger partial charge on any atom is -0.340 e. The minimum absolute atomic E-state index is 0.00599. The standard InChI is InChI=1S/C28H27ClF3N3O2S/c29-22-8-4-19(5-9-22)26-23-11-17-38-24(23)10-14-35(26)18-25(36)33-12-1-13-34(16-15-33)27(37)20-2-6-21(7-3-20)28(30,31)32/h2-9,11,17,26H,1,10,12-16,18H2/t26-/m1/s1. The highest BCUT2D eigenvalue weighted by Crippen LogP contribution is 2.38. The molecule has 3 heterocycles. The molecule has 1 aromatic heterocycles. The molecular weight excluding hydrogens is 535 g/mol. The summed E-state index contributed by atoms with van der Waals surface area (Å²) in [6.07, 6.45) is -2.95. The van der Waals surface area contributed by atoms with E-state index in [1.54, 1.807) is 21.1 Å². The van der Waals surface area contributed by atoms with E-state index in [1.165, 1.54) is 22.6 Å². The first-order valence-corrected chi connectivity index (χ1v) is 13.8. The van der Waals surface area contributed by atoms with Crippen LogP contribution in [0.4, 0.5) is 13.2 Å². The fourth-order valence-electron chi connectivity index (χ4n) is 5.20. The Hall–Kier alpha value is -2.88. The Labute approximate surface area is 228 Å². The maximum Gasteiger partial charge on any atom is 0.416 e. The first-order chi connectivity index (χ1) is 18.2. The van der Waals surface area contributed by atoms with Gasteiger partial charge >= 0.3 is 6.18 Å². The van der Waals surface area contributed by atoms with Crippen molar-refractivity contribution in [3.05, 3.63) is 92.1 Å². The molecule has 3 aromatic rings. The highest BCUT2D eigenvalue weighted by atomic mass is 35.5. The number of rotatable bonds is 4. The summed E-state index contributed by atoms with van der Waals surface area (Å²) in [7, 11) is 0. The number of benzene rings is 2. The first kappa shape index (κ1) is 26.7. The molecule has 5 nitrogen and oxygen atoms in total. The summed E-state index contributed by atoms with van der Waals surface area (Å²) >= 11 is 7.86. The van der Waals surface area contributed by atoms with Gasteiger partial charge in [0.25, 0.3) is 5.91 Å². The van der Waals surface area contributed by atoms with Crippen LogP contribution in [0.15, 0.2) is 60.0 Å². The average Bonchev–Trinajstić information content (AvgIpc) is 3.24. The molecule has 2 amide bonds. The number of hydrogen-bond acceptors (Lipinski definition) is 4. The molecule has 0 aliphatic carbocycles. The summed E-state index contributed by atoms with van der Waals surface area (Å²) in [5.74, 6) is -0.316. The van der Waals surface area contributed by atoms with Crippen molar-refractivity contribution in [3.63, 3.8) is 0 Å². The predicted octanol–water partition coefficient (Wildman–Crippen LogP) is 5.74. The van der Waals surface area contributed by atoms with Crippen molar-refractivity contribution in [3.8, 4) is 0 Å². The quantitative estimate of drug-likeness (QED) is 0.408. The number of amides is 2. The van der Waals surface area contributed by atoms with Gasteiger partial charge in [-0.25, -0.2) is 0 Å². The molecule has 2 aliphatic rings. The Morgan fingerprint density at radius 3 is 2.29 bits per heavy atom. The van der Waals surface area contributed by atoms with E-state index in [9.17, 15) is 22.8 Å². The summed E-state index contributed by atoms with van der Waals surface area (Å²) in [5, 5.41) is 2.76. The highest BCUT2D eigenvalue weighted by molar-refractivity contribution is 7.10. The molecule has 2 aliphatic heterocycles. The zero-order valence-corrected chi connectivity index (χ0v) is 22.2. The van der Waals surface area contributed by atoms with Gasteiger partial charge in [0.2, 0.25) is 5.91 Å². The largest absolute Gasteiger partial charge is 0.416 e. The van der Waals surface area contributed by atoms with Crippen LogP contribution < -0.4 is 0 Å². The van der Waals surface area contributed by atoms with Crippen molar-refractivity contribution >= 4 is 34.8 Å². The molecule has 0 saturated carbocycles. The zero-order chi connectivity index (χ0) is 26.9. The number of nitrogens with zero attached hydrogens (tertiary/aromatic N) is 3. The molecule has 1 saturated heterocycles. The Balaban J connectivity index is 1.24. The van der Waals surface area contributed by atoms with Crippen LogP contribution in [0.1, 0.15) is 44.4 Å². The van der Waals surface area contributed by atoms with E-state index >= 15 is 0 Å². The van der Waals surface area contributed by atoms with Crippen LogP contribution in [0.5, 0.6) is 0 Å². The third-order valence-electron chi connectivity index (χ3n) is 7.18. The van der Waals surface area contributed by atoms with E-state index in [0.717, 1.165) is 30.7 Å². The lowest BCUT2D eigenvalue weighted by molar-refractivity contribution is -0.137. The van der Waals surface area contributed by atoms with E-state index in [-0.39, 0.29) is 30.0 Å². The average molecular weight is 562 g/mol. The molecule has 5 rings (SSSR count). The second-order valence-electron chi connectivity index (χ2n) is 9.58. The molecule has 2 aromatic carbocycles. The zero-order valence-electron chi connectivity index (χ0n) is 20.6. The summed E-state index contributed by atoms with van der Waals surface area (Å²) in [6.45, 7) is 2.71. The highest BCUT2D eigenvalue weighted by Gasteiger charge is 2.33. The van der Waals surface area contributed by atoms with E-state index in [1.807, 2.05) is 24.3 Å². The van der Waals surface area contributed by atoms with Crippen molar-refractivity contribution in [2.75, 3.05) is 39.3 Å². The van der Waals surface area contributed by atoms with Gasteiger partial charge in [0.05, 0.1) is 18.2 Å². The number of hydrogen-bond donors (Lipinski definition) is 0. The summed E-state index contributed by atoms with van der Waals surface area (Å²) in [6, 6.07) is 14.1. The second kappa shape index (κ2) is 11.1. The van der Waals surface area contributed by atoms with Gasteiger partial charge in [0, 0.05) is 48.2 Å². The summed E-state index contributed by atoms with van der Waals surface area (Å²) in [5.41, 5.74) is 1.74. The number of halogens is 4. The van der Waals surface area contributed by atoms with Gasteiger partial charge < -0.3 is 9.80 Å². The Bertz CT molecular complexity index is 1290. The lowest BCUT2D eigenvalue weighted by Gasteiger charge is -2.37. The topological polar surface area (TPSA) is 43.9 Å². The molecule has 200 valence electrons. The van der Waals surface area contributed by atoms with Gasteiger partial charge in [-0.05, 0) is 71.8 Å². The lowest BCUT2D eigenvalue weighted by atomic mass is 9.93. The van der Waals surface area contributed by atoms with Crippen molar-refractivity contribution in [1.29, 1.82) is 0 Å². The maximum absolute atomic E-state index is 13.4. The molecule has 0 radical (unpaired) electrons. The number of fused-ring (bicyclic) bond motifs is 1. The molecular formula is C28H27ClF3N3O2S. The summed E-state index contributed by atoms with van der Waals surface area (Å²) < 4.78 is 38.6. The SMILES string of the molecule is O=C(CN1CCc2sccc2[C@H]1c1ccc(Cl)cc1)N1CCCN(C(=O)c2ccc(C(F)(F)F)cc2)CC1. The van der Waals surface area contributed by atoms with Gasteiger partial charge in [-0.1, -0.05) is 23.7 Å². The number of carbonyl (C=O) groups is 2. The predicted molar refractivity (Wildman–Crippen MR) is 141 cm³/mol. The number of carbonyl (C=O) groups excluding carboxylic acids is 2. The Kier molecular flexibility index (Phi) is 7.79.